The van der Waals surface area contributed by atoms with Gasteiger partial charge in [0, 0.05) is 24.0 Å². The summed E-state index contributed by atoms with van der Waals surface area (Å²) in [7, 11) is 0. The van der Waals surface area contributed by atoms with Gasteiger partial charge in [-0.15, -0.1) is 0 Å². The Bertz CT molecular complexity index is 971. The molecule has 1 aliphatic rings. The van der Waals surface area contributed by atoms with Crippen molar-refractivity contribution in [2.45, 2.75) is 32.4 Å². The Hall–Kier alpha value is -2.65. The fourth-order valence-electron chi connectivity index (χ4n) is 3.19. The second kappa shape index (κ2) is 5.77. The third-order valence-electron chi connectivity index (χ3n) is 4.34. The molecule has 1 aromatic carbocycles. The third kappa shape index (κ3) is 2.47. The number of aryl methyl sites for hydroxylation is 2. The quantitative estimate of drug-likeness (QED) is 0.776. The summed E-state index contributed by atoms with van der Waals surface area (Å²) in [6, 6.07) is 6.30. The van der Waals surface area contributed by atoms with Gasteiger partial charge in [-0.25, -0.2) is 9.67 Å². The summed E-state index contributed by atoms with van der Waals surface area (Å²) in [5.41, 5.74) is 3.06. The van der Waals surface area contributed by atoms with Gasteiger partial charge in [-0.2, -0.15) is 10.4 Å². The first-order valence-electron chi connectivity index (χ1n) is 7.78. The van der Waals surface area contributed by atoms with Crippen LogP contribution >= 0.6 is 11.6 Å². The highest BCUT2D eigenvalue weighted by atomic mass is 35.5. The average molecular weight is 339 g/mol. The van der Waals surface area contributed by atoms with Crippen LogP contribution in [0.3, 0.4) is 0 Å². The van der Waals surface area contributed by atoms with Gasteiger partial charge in [0.1, 0.15) is 18.2 Å². The topological polar surface area (TPSA) is 79.4 Å². The molecule has 0 amide bonds. The Kier molecular flexibility index (Phi) is 3.58. The highest BCUT2D eigenvalue weighted by molar-refractivity contribution is 6.35. The Balaban J connectivity index is 1.77. The summed E-state index contributed by atoms with van der Waals surface area (Å²) in [4.78, 5) is 8.60. The Morgan fingerprint density at radius 2 is 2.25 bits per heavy atom. The molecule has 1 atom stereocenters. The summed E-state index contributed by atoms with van der Waals surface area (Å²) in [6.45, 7) is 2.71. The van der Waals surface area contributed by atoms with Gasteiger partial charge in [0.2, 0.25) is 0 Å². The number of aromatic nitrogens is 4. The van der Waals surface area contributed by atoms with Crippen molar-refractivity contribution in [1.82, 2.24) is 19.7 Å². The zero-order chi connectivity index (χ0) is 16.7. The number of nitrogens with one attached hydrogen (secondary N) is 1. The lowest BCUT2D eigenvalue weighted by Gasteiger charge is -2.25. The molecule has 3 heterocycles. The lowest BCUT2D eigenvalue weighted by Crippen LogP contribution is -2.32. The van der Waals surface area contributed by atoms with E-state index in [1.54, 1.807) is 12.5 Å². The first-order valence-corrected chi connectivity index (χ1v) is 8.15. The number of halogens is 1. The molecule has 1 aliphatic heterocycles. The van der Waals surface area contributed by atoms with Crippen LogP contribution in [-0.2, 0) is 13.0 Å². The van der Waals surface area contributed by atoms with Gasteiger partial charge in [-0.1, -0.05) is 11.6 Å². The largest absolute Gasteiger partial charge is 0.379 e. The second-order valence-corrected chi connectivity index (χ2v) is 6.45. The van der Waals surface area contributed by atoms with Crippen molar-refractivity contribution in [2.75, 3.05) is 5.32 Å². The maximum atomic E-state index is 9.48. The maximum absolute atomic E-state index is 9.48. The van der Waals surface area contributed by atoms with Crippen molar-refractivity contribution in [3.05, 3.63) is 46.6 Å². The van der Waals surface area contributed by atoms with Crippen LogP contribution in [-0.4, -0.2) is 25.8 Å². The molecule has 0 spiro atoms. The molecule has 0 fully saturated rings. The number of benzene rings is 1. The highest BCUT2D eigenvalue weighted by Gasteiger charge is 2.22. The van der Waals surface area contributed by atoms with Crippen molar-refractivity contribution >= 4 is 28.2 Å². The molecule has 4 rings (SSSR count). The Labute approximate surface area is 144 Å². The molecule has 0 saturated heterocycles. The van der Waals surface area contributed by atoms with Crippen molar-refractivity contribution < 1.29 is 0 Å². The highest BCUT2D eigenvalue weighted by Crippen LogP contribution is 2.32. The summed E-state index contributed by atoms with van der Waals surface area (Å²) in [6.07, 6.45) is 4.97. The fourth-order valence-corrected chi connectivity index (χ4v) is 3.52. The molecule has 0 saturated carbocycles. The van der Waals surface area contributed by atoms with Gasteiger partial charge in [-0.3, -0.25) is 4.98 Å². The maximum Gasteiger partial charge on any atom is 0.138 e. The van der Waals surface area contributed by atoms with Gasteiger partial charge in [0.25, 0.3) is 0 Å². The van der Waals surface area contributed by atoms with Gasteiger partial charge < -0.3 is 5.32 Å². The summed E-state index contributed by atoms with van der Waals surface area (Å²) in [5.74, 6) is 1.01. The number of fused-ring (bicyclic) bond motifs is 2. The fraction of sp³-hybridized carbons (Fsp3) is 0.294. The molecule has 0 aliphatic carbocycles. The summed E-state index contributed by atoms with van der Waals surface area (Å²) < 4.78 is 1.91. The predicted octanol–water partition coefficient (Wildman–Crippen LogP) is 3.09. The van der Waals surface area contributed by atoms with E-state index in [2.05, 4.69) is 26.5 Å². The predicted molar refractivity (Wildman–Crippen MR) is 92.0 cm³/mol. The molecule has 6 nitrogen and oxygen atoms in total. The van der Waals surface area contributed by atoms with Crippen LogP contribution in [0.25, 0.3) is 10.9 Å². The molecule has 0 radical (unpaired) electrons. The smallest absolute Gasteiger partial charge is 0.138 e. The number of nitrogens with zero attached hydrogens (tertiary/aromatic N) is 5. The average Bonchev–Trinajstić information content (AvgIpc) is 3.03. The Morgan fingerprint density at radius 3 is 3.08 bits per heavy atom. The third-order valence-corrected chi connectivity index (χ3v) is 4.63. The van der Waals surface area contributed by atoms with Crippen LogP contribution in [0.2, 0.25) is 5.02 Å². The van der Waals surface area contributed by atoms with Gasteiger partial charge in [0.15, 0.2) is 0 Å². The molecular weight excluding hydrogens is 324 g/mol. The monoisotopic (exact) mass is 338 g/mol. The van der Waals surface area contributed by atoms with Crippen molar-refractivity contribution in [2.24, 2.45) is 0 Å². The molecule has 120 valence electrons. The molecule has 0 bridgehead atoms. The van der Waals surface area contributed by atoms with Gasteiger partial charge in [0.05, 0.1) is 28.3 Å². The first-order chi connectivity index (χ1) is 11.7. The lowest BCUT2D eigenvalue weighted by atomic mass is 10.0. The van der Waals surface area contributed by atoms with E-state index >= 15 is 0 Å². The number of hydrogen-bond acceptors (Lipinski definition) is 5. The lowest BCUT2D eigenvalue weighted by molar-refractivity contribution is 0.441. The SMILES string of the molecule is Cc1cc(Cl)c2ncc(C#N)c(NC3CCc4ncnn4C3)c2c1. The molecule has 24 heavy (non-hydrogen) atoms. The summed E-state index contributed by atoms with van der Waals surface area (Å²) in [5, 5.41) is 18.7. The van der Waals surface area contributed by atoms with E-state index in [0.717, 1.165) is 41.8 Å². The van der Waals surface area contributed by atoms with E-state index in [1.165, 1.54) is 0 Å². The second-order valence-electron chi connectivity index (χ2n) is 6.04. The molecule has 1 unspecified atom stereocenters. The molecule has 1 N–H and O–H groups in total. The van der Waals surface area contributed by atoms with E-state index in [9.17, 15) is 5.26 Å². The number of nitriles is 1. The minimum atomic E-state index is 0.177. The van der Waals surface area contributed by atoms with E-state index < -0.39 is 0 Å². The number of pyridine rings is 1. The number of anilines is 1. The normalized spacial score (nSPS) is 16.6. The Morgan fingerprint density at radius 1 is 1.38 bits per heavy atom. The van der Waals surface area contributed by atoms with Crippen molar-refractivity contribution in [3.8, 4) is 6.07 Å². The van der Waals surface area contributed by atoms with Crippen LogP contribution in [0.15, 0.2) is 24.7 Å². The van der Waals surface area contributed by atoms with Crippen molar-refractivity contribution in [3.63, 3.8) is 0 Å². The summed E-state index contributed by atoms with van der Waals surface area (Å²) >= 11 is 6.33. The van der Waals surface area contributed by atoms with E-state index in [4.69, 9.17) is 11.6 Å². The van der Waals surface area contributed by atoms with Crippen LogP contribution in [0, 0.1) is 18.3 Å². The van der Waals surface area contributed by atoms with Crippen LogP contribution < -0.4 is 5.32 Å². The minimum Gasteiger partial charge on any atom is -0.379 e. The first kappa shape index (κ1) is 14.9. The van der Waals surface area contributed by atoms with Crippen LogP contribution in [0.4, 0.5) is 5.69 Å². The van der Waals surface area contributed by atoms with Crippen LogP contribution in [0.1, 0.15) is 23.4 Å². The van der Waals surface area contributed by atoms with Crippen molar-refractivity contribution in [1.29, 1.82) is 5.26 Å². The van der Waals surface area contributed by atoms with Gasteiger partial charge in [-0.05, 0) is 31.0 Å². The minimum absolute atomic E-state index is 0.177. The molecular formula is C17H15ClN6. The van der Waals surface area contributed by atoms with Crippen LogP contribution in [0.5, 0.6) is 0 Å². The van der Waals surface area contributed by atoms with E-state index in [0.29, 0.717) is 16.1 Å². The standard InChI is InChI=1S/C17H15ClN6/c1-10-4-13-16(11(6-19)7-20-17(13)14(18)5-10)23-12-2-3-15-21-9-22-24(15)8-12/h4-5,7,9,12H,2-3,8H2,1H3,(H,20,23). The van der Waals surface area contributed by atoms with E-state index in [1.807, 2.05) is 23.7 Å². The number of hydrogen-bond donors (Lipinski definition) is 1. The van der Waals surface area contributed by atoms with E-state index in [-0.39, 0.29) is 6.04 Å². The number of rotatable bonds is 2. The zero-order valence-corrected chi connectivity index (χ0v) is 13.9. The zero-order valence-electron chi connectivity index (χ0n) is 13.1. The van der Waals surface area contributed by atoms with Gasteiger partial charge >= 0.3 is 0 Å². The molecule has 3 aromatic rings. The molecule has 7 heteroatoms. The molecule has 2 aromatic heterocycles.